The van der Waals surface area contributed by atoms with Crippen LogP contribution in [0.15, 0.2) is 88.6 Å². The van der Waals surface area contributed by atoms with Gasteiger partial charge >= 0.3 is 0 Å². The van der Waals surface area contributed by atoms with Gasteiger partial charge in [0.15, 0.2) is 10.6 Å². The molecule has 0 saturated carbocycles. The van der Waals surface area contributed by atoms with E-state index in [0.717, 1.165) is 11.1 Å². The Balaban J connectivity index is 1.60. The van der Waals surface area contributed by atoms with Crippen LogP contribution in [0.1, 0.15) is 34.5 Å². The van der Waals surface area contributed by atoms with Crippen molar-refractivity contribution in [3.05, 3.63) is 120 Å². The molecule has 3 aromatic carbocycles. The minimum atomic E-state index is -1.14. The predicted octanol–water partition coefficient (Wildman–Crippen LogP) is 4.22. The van der Waals surface area contributed by atoms with Gasteiger partial charge in [0, 0.05) is 16.1 Å². The molecule has 2 unspecified atom stereocenters. The maximum absolute atomic E-state index is 13.8. The van der Waals surface area contributed by atoms with Gasteiger partial charge in [-0.05, 0) is 36.8 Å². The van der Waals surface area contributed by atoms with Gasteiger partial charge in [0.1, 0.15) is 11.7 Å². The highest BCUT2D eigenvalue weighted by molar-refractivity contribution is 7.07. The number of nitrogens with zero attached hydrogens (tertiary/aromatic N) is 2. The number of para-hydroxylation sites is 1. The number of rotatable bonds is 3. The first-order chi connectivity index (χ1) is 16.4. The summed E-state index contributed by atoms with van der Waals surface area (Å²) >= 11 is 7.32. The zero-order valence-electron chi connectivity index (χ0n) is 18.1. The van der Waals surface area contributed by atoms with Gasteiger partial charge in [0.25, 0.3) is 5.56 Å². The Hall–Kier alpha value is -3.48. The highest BCUT2D eigenvalue weighted by Crippen LogP contribution is 2.48. The molecule has 6 rings (SSSR count). The molecule has 3 heterocycles. The minimum absolute atomic E-state index is 0.0988. The third-order valence-electron chi connectivity index (χ3n) is 6.39. The molecule has 0 aliphatic carbocycles. The highest BCUT2D eigenvalue weighted by Gasteiger charge is 2.54. The van der Waals surface area contributed by atoms with E-state index in [0.29, 0.717) is 25.7 Å². The lowest BCUT2D eigenvalue weighted by Gasteiger charge is -2.45. The van der Waals surface area contributed by atoms with Crippen LogP contribution in [0.3, 0.4) is 0 Å². The first kappa shape index (κ1) is 21.1. The van der Waals surface area contributed by atoms with Crippen molar-refractivity contribution in [2.45, 2.75) is 18.7 Å². The molecule has 3 atom stereocenters. The predicted molar refractivity (Wildman–Crippen MR) is 132 cm³/mol. The number of hydrogen-bond donors (Lipinski definition) is 0. The van der Waals surface area contributed by atoms with Crippen LogP contribution >= 0.6 is 22.9 Å². The van der Waals surface area contributed by atoms with Crippen LogP contribution in [0.4, 0.5) is 0 Å². The van der Waals surface area contributed by atoms with E-state index in [-0.39, 0.29) is 11.3 Å². The molecule has 34 heavy (non-hydrogen) atoms. The van der Waals surface area contributed by atoms with Crippen LogP contribution in [-0.2, 0) is 0 Å². The quantitative estimate of drug-likeness (QED) is 0.407. The van der Waals surface area contributed by atoms with Crippen LogP contribution in [0.5, 0.6) is 5.75 Å². The smallest absolute Gasteiger partial charge is 0.270 e. The van der Waals surface area contributed by atoms with Crippen molar-refractivity contribution in [3.8, 4) is 5.75 Å². The van der Waals surface area contributed by atoms with E-state index in [1.807, 2.05) is 67.6 Å². The first-order valence-electron chi connectivity index (χ1n) is 10.9. The van der Waals surface area contributed by atoms with Gasteiger partial charge in [-0.15, -0.1) is 0 Å². The summed E-state index contributed by atoms with van der Waals surface area (Å²) in [5.74, 6) is -0.144. The van der Waals surface area contributed by atoms with Crippen LogP contribution in [0.2, 0.25) is 5.02 Å². The summed E-state index contributed by atoms with van der Waals surface area (Å²) in [7, 11) is 0. The average Bonchev–Trinajstić information content (AvgIpc) is 3.13. The zero-order chi connectivity index (χ0) is 23.4. The number of carbonyl (C=O) groups is 1. The number of fused-ring (bicyclic) bond motifs is 6. The van der Waals surface area contributed by atoms with E-state index in [1.165, 1.54) is 11.3 Å². The number of benzene rings is 3. The van der Waals surface area contributed by atoms with Gasteiger partial charge in [-0.1, -0.05) is 83.6 Å². The highest BCUT2D eigenvalue weighted by atomic mass is 35.5. The van der Waals surface area contributed by atoms with Crippen LogP contribution < -0.4 is 19.6 Å². The Kier molecular flexibility index (Phi) is 4.83. The standard InChI is InChI=1S/C27H19ClN2O3S/c1-27-22(24(31)17-7-3-2-4-8-17)23(19-9-5-6-10-20(19)33-27)30-25(32)21(34-26(30)29-27)15-16-11-13-18(28)14-12-16/h2-15,22-23H,1H3/b21-15-/t22-,23?,27?/m0/s1. The molecule has 4 aromatic rings. The van der Waals surface area contributed by atoms with Crippen molar-refractivity contribution in [3.63, 3.8) is 0 Å². The van der Waals surface area contributed by atoms with Crippen molar-refractivity contribution < 1.29 is 9.53 Å². The number of halogens is 1. The lowest BCUT2D eigenvalue weighted by Crippen LogP contribution is -2.58. The van der Waals surface area contributed by atoms with Gasteiger partial charge < -0.3 is 4.74 Å². The minimum Gasteiger partial charge on any atom is -0.465 e. The Morgan fingerprint density at radius 1 is 1.06 bits per heavy atom. The molecule has 2 aliphatic rings. The van der Waals surface area contributed by atoms with Gasteiger partial charge in [-0.2, -0.15) is 0 Å². The van der Waals surface area contributed by atoms with E-state index in [9.17, 15) is 9.59 Å². The summed E-state index contributed by atoms with van der Waals surface area (Å²) in [5.41, 5.74) is 0.933. The fraction of sp³-hybridized carbons (Fsp3) is 0.148. The van der Waals surface area contributed by atoms with Crippen LogP contribution in [0.25, 0.3) is 6.08 Å². The Labute approximate surface area is 204 Å². The van der Waals surface area contributed by atoms with Crippen molar-refractivity contribution in [1.82, 2.24) is 4.57 Å². The molecule has 7 heteroatoms. The summed E-state index contributed by atoms with van der Waals surface area (Å²) in [6.07, 6.45) is 1.83. The topological polar surface area (TPSA) is 60.7 Å². The largest absolute Gasteiger partial charge is 0.465 e. The second-order valence-electron chi connectivity index (χ2n) is 8.58. The maximum Gasteiger partial charge on any atom is 0.270 e. The van der Waals surface area contributed by atoms with E-state index >= 15 is 0 Å². The van der Waals surface area contributed by atoms with Crippen molar-refractivity contribution in [1.29, 1.82) is 0 Å². The average molecular weight is 487 g/mol. The molecule has 1 aromatic heterocycles. The molecule has 0 saturated heterocycles. The number of ether oxygens (including phenoxy) is 1. The van der Waals surface area contributed by atoms with Crippen molar-refractivity contribution in [2.24, 2.45) is 10.9 Å². The molecule has 5 nitrogen and oxygen atoms in total. The van der Waals surface area contributed by atoms with E-state index < -0.39 is 17.7 Å². The summed E-state index contributed by atoms with van der Waals surface area (Å²) in [4.78, 5) is 32.9. The van der Waals surface area contributed by atoms with E-state index in [4.69, 9.17) is 21.3 Å². The third-order valence-corrected chi connectivity index (χ3v) is 7.62. The van der Waals surface area contributed by atoms with Gasteiger partial charge in [-0.25, -0.2) is 4.99 Å². The molecule has 0 N–H and O–H groups in total. The molecular formula is C27H19ClN2O3S. The summed E-state index contributed by atoms with van der Waals surface area (Å²) in [5, 5.41) is 0.632. The van der Waals surface area contributed by atoms with Crippen LogP contribution in [0, 0.1) is 5.92 Å². The lowest BCUT2D eigenvalue weighted by molar-refractivity contribution is -0.0109. The number of thiazole rings is 1. The molecule has 0 fully saturated rings. The van der Waals surface area contributed by atoms with Gasteiger partial charge in [-0.3, -0.25) is 14.2 Å². The Bertz CT molecular complexity index is 1610. The van der Waals surface area contributed by atoms with Crippen molar-refractivity contribution >= 4 is 34.8 Å². The molecule has 168 valence electrons. The first-order valence-corrected chi connectivity index (χ1v) is 12.1. The molecular weight excluding hydrogens is 468 g/mol. The number of ketones is 1. The molecule has 0 spiro atoms. The fourth-order valence-electron chi connectivity index (χ4n) is 4.84. The second kappa shape index (κ2) is 7.79. The zero-order valence-corrected chi connectivity index (χ0v) is 19.7. The molecule has 0 amide bonds. The van der Waals surface area contributed by atoms with E-state index in [1.54, 1.807) is 28.8 Å². The number of Topliss-reactive ketones (excluding diaryl/α,β-unsaturated/α-hetero) is 1. The lowest BCUT2D eigenvalue weighted by atomic mass is 9.77. The number of hydrogen-bond acceptors (Lipinski definition) is 5. The summed E-state index contributed by atoms with van der Waals surface area (Å²) in [6.45, 7) is 1.83. The normalized spacial score (nSPS) is 22.8. The Morgan fingerprint density at radius 2 is 1.76 bits per heavy atom. The fourth-order valence-corrected chi connectivity index (χ4v) is 6.06. The number of carbonyl (C=O) groups excluding carboxylic acids is 1. The maximum atomic E-state index is 13.8. The van der Waals surface area contributed by atoms with Gasteiger partial charge in [0.05, 0.1) is 10.6 Å². The third kappa shape index (κ3) is 3.25. The van der Waals surface area contributed by atoms with E-state index in [2.05, 4.69) is 0 Å². The molecule has 2 bridgehead atoms. The Morgan fingerprint density at radius 3 is 2.53 bits per heavy atom. The monoisotopic (exact) mass is 486 g/mol. The summed E-state index contributed by atoms with van der Waals surface area (Å²) < 4.78 is 8.57. The molecule has 0 radical (unpaired) electrons. The van der Waals surface area contributed by atoms with Crippen molar-refractivity contribution in [2.75, 3.05) is 0 Å². The molecule has 2 aliphatic heterocycles. The van der Waals surface area contributed by atoms with Crippen LogP contribution in [-0.4, -0.2) is 16.1 Å². The number of aromatic nitrogens is 1. The SMILES string of the molecule is CC12N=c3s/c(=C\c4ccc(Cl)cc4)c(=O)n3C(c3ccccc3O1)[C@H]2C(=O)c1ccccc1. The van der Waals surface area contributed by atoms with Gasteiger partial charge in [0.2, 0.25) is 5.72 Å². The summed E-state index contributed by atoms with van der Waals surface area (Å²) in [6, 6.07) is 23.5. The second-order valence-corrected chi connectivity index (χ2v) is 10.0.